The van der Waals surface area contributed by atoms with Crippen LogP contribution in [0, 0.1) is 13.8 Å². The molecule has 0 saturated carbocycles. The molecule has 0 unspecified atom stereocenters. The first-order valence-corrected chi connectivity index (χ1v) is 8.75. The van der Waals surface area contributed by atoms with E-state index in [1.165, 1.54) is 5.56 Å². The number of benzene rings is 1. The molecule has 5 heteroatoms. The van der Waals surface area contributed by atoms with Crippen LogP contribution in [0.1, 0.15) is 43.6 Å². The Morgan fingerprint density at radius 3 is 2.26 bits per heavy atom. The number of nitrogens with zero attached hydrogens (tertiary/aromatic N) is 2. The van der Waals surface area contributed by atoms with Crippen LogP contribution in [0.15, 0.2) is 29.2 Å². The summed E-state index contributed by atoms with van der Waals surface area (Å²) in [6, 6.07) is 8.44. The van der Waals surface area contributed by atoms with E-state index in [-0.39, 0.29) is 11.2 Å². The van der Waals surface area contributed by atoms with Crippen LogP contribution in [0.3, 0.4) is 0 Å². The Balaban J connectivity index is 2.02. The molecule has 1 amide bonds. The molecule has 124 valence electrons. The number of nitrogens with one attached hydrogen (secondary N) is 1. The summed E-state index contributed by atoms with van der Waals surface area (Å²) in [7, 11) is 1.88. The minimum Gasteiger partial charge on any atom is -0.322 e. The zero-order valence-corrected chi connectivity index (χ0v) is 15.5. The first-order chi connectivity index (χ1) is 10.8. The molecule has 1 atom stereocenters. The van der Waals surface area contributed by atoms with E-state index in [1.807, 2.05) is 27.8 Å². The zero-order valence-electron chi connectivity index (χ0n) is 14.7. The summed E-state index contributed by atoms with van der Waals surface area (Å²) in [5.41, 5.74) is 3.94. The molecule has 0 bridgehead atoms. The molecule has 1 aromatic heterocycles. The van der Waals surface area contributed by atoms with Crippen LogP contribution in [0.25, 0.3) is 0 Å². The molecule has 0 aliphatic carbocycles. The molecule has 4 nitrogen and oxygen atoms in total. The number of aromatic nitrogens is 2. The second-order valence-corrected chi connectivity index (χ2v) is 7.56. The third-order valence-corrected chi connectivity index (χ3v) is 5.10. The third-order valence-electron chi connectivity index (χ3n) is 3.99. The average Bonchev–Trinajstić information content (AvgIpc) is 2.74. The lowest BCUT2D eigenvalue weighted by Crippen LogP contribution is -2.23. The minimum atomic E-state index is -0.168. The van der Waals surface area contributed by atoms with E-state index in [0.29, 0.717) is 5.92 Å². The van der Waals surface area contributed by atoms with Gasteiger partial charge in [-0.15, -0.1) is 11.8 Å². The van der Waals surface area contributed by atoms with E-state index < -0.39 is 0 Å². The number of amides is 1. The van der Waals surface area contributed by atoms with E-state index in [4.69, 9.17) is 0 Å². The predicted octanol–water partition coefficient (Wildman–Crippen LogP) is 4.28. The largest absolute Gasteiger partial charge is 0.322 e. The Bertz CT molecular complexity index is 689. The highest BCUT2D eigenvalue weighted by molar-refractivity contribution is 8.00. The Hall–Kier alpha value is -1.75. The number of rotatable bonds is 5. The number of thioether (sulfide) groups is 1. The maximum Gasteiger partial charge on any atom is 0.237 e. The molecular weight excluding hydrogens is 306 g/mol. The first-order valence-electron chi connectivity index (χ1n) is 7.87. The monoisotopic (exact) mass is 331 g/mol. The summed E-state index contributed by atoms with van der Waals surface area (Å²) >= 11 is 1.57. The number of anilines is 1. The van der Waals surface area contributed by atoms with Gasteiger partial charge in [-0.2, -0.15) is 5.10 Å². The maximum atomic E-state index is 12.4. The van der Waals surface area contributed by atoms with Crippen molar-refractivity contribution in [2.45, 2.75) is 50.7 Å². The number of carbonyl (C=O) groups excluding carboxylic acids is 1. The molecule has 1 aromatic carbocycles. The molecule has 0 saturated heterocycles. The lowest BCUT2D eigenvalue weighted by atomic mass is 10.0. The lowest BCUT2D eigenvalue weighted by molar-refractivity contribution is -0.115. The number of hydrogen-bond acceptors (Lipinski definition) is 3. The Labute approximate surface area is 142 Å². The van der Waals surface area contributed by atoms with Gasteiger partial charge in [-0.05, 0) is 44.4 Å². The SMILES string of the molecule is Cc1nn(C)c(C)c1NC(=O)[C@H](C)Sc1ccc(C(C)C)cc1. The van der Waals surface area contributed by atoms with Gasteiger partial charge in [-0.25, -0.2) is 0 Å². The first kappa shape index (κ1) is 17.6. The fourth-order valence-corrected chi connectivity index (χ4v) is 3.24. The quantitative estimate of drug-likeness (QED) is 0.832. The fraction of sp³-hybridized carbons (Fsp3) is 0.444. The van der Waals surface area contributed by atoms with Crippen molar-refractivity contribution >= 4 is 23.4 Å². The standard InChI is InChI=1S/C18H25N3OS/c1-11(2)15-7-9-16(10-8-15)23-14(5)18(22)19-17-12(3)20-21(6)13(17)4/h7-11,14H,1-6H3,(H,19,22)/t14-/m0/s1. The molecular formula is C18H25N3OS. The number of aryl methyl sites for hydroxylation is 2. The van der Waals surface area contributed by atoms with Crippen LogP contribution < -0.4 is 5.32 Å². The van der Waals surface area contributed by atoms with Crippen LogP contribution in [-0.4, -0.2) is 20.9 Å². The Kier molecular flexibility index (Phi) is 5.52. The van der Waals surface area contributed by atoms with Gasteiger partial charge in [0.15, 0.2) is 0 Å². The van der Waals surface area contributed by atoms with Crippen LogP contribution in [0.4, 0.5) is 5.69 Å². The predicted molar refractivity (Wildman–Crippen MR) is 97.2 cm³/mol. The highest BCUT2D eigenvalue weighted by Gasteiger charge is 2.18. The van der Waals surface area contributed by atoms with Gasteiger partial charge >= 0.3 is 0 Å². The van der Waals surface area contributed by atoms with Gasteiger partial charge in [0.1, 0.15) is 0 Å². The van der Waals surface area contributed by atoms with Crippen molar-refractivity contribution in [2.75, 3.05) is 5.32 Å². The lowest BCUT2D eigenvalue weighted by Gasteiger charge is -2.13. The van der Waals surface area contributed by atoms with Crippen molar-refractivity contribution in [1.29, 1.82) is 0 Å². The fourth-order valence-electron chi connectivity index (χ4n) is 2.37. The van der Waals surface area contributed by atoms with Gasteiger partial charge < -0.3 is 5.32 Å². The second-order valence-electron chi connectivity index (χ2n) is 6.14. The van der Waals surface area contributed by atoms with Crippen LogP contribution >= 0.6 is 11.8 Å². The maximum absolute atomic E-state index is 12.4. The summed E-state index contributed by atoms with van der Waals surface area (Å²) in [6.07, 6.45) is 0. The molecule has 0 radical (unpaired) electrons. The third kappa shape index (κ3) is 4.16. The summed E-state index contributed by atoms with van der Waals surface area (Å²) in [5, 5.41) is 7.17. The van der Waals surface area contributed by atoms with Gasteiger partial charge in [0.25, 0.3) is 0 Å². The zero-order chi connectivity index (χ0) is 17.1. The van der Waals surface area contributed by atoms with Crippen molar-refractivity contribution in [1.82, 2.24) is 9.78 Å². The number of carbonyl (C=O) groups is 1. The second kappa shape index (κ2) is 7.21. The molecule has 0 fully saturated rings. The van der Waals surface area contributed by atoms with Gasteiger partial charge in [-0.1, -0.05) is 26.0 Å². The highest BCUT2D eigenvalue weighted by atomic mass is 32.2. The van der Waals surface area contributed by atoms with E-state index in [0.717, 1.165) is 22.0 Å². The van der Waals surface area contributed by atoms with E-state index in [9.17, 15) is 4.79 Å². The smallest absolute Gasteiger partial charge is 0.237 e. The van der Waals surface area contributed by atoms with Crippen LogP contribution in [0.2, 0.25) is 0 Å². The summed E-state index contributed by atoms with van der Waals surface area (Å²) < 4.78 is 1.79. The highest BCUT2D eigenvalue weighted by Crippen LogP contribution is 2.27. The van der Waals surface area contributed by atoms with E-state index in [1.54, 1.807) is 16.4 Å². The average molecular weight is 331 g/mol. The normalized spacial score (nSPS) is 12.5. The molecule has 1 N–H and O–H groups in total. The Morgan fingerprint density at radius 1 is 1.17 bits per heavy atom. The van der Waals surface area contributed by atoms with Crippen LogP contribution in [0.5, 0.6) is 0 Å². The molecule has 0 aliphatic heterocycles. The van der Waals surface area contributed by atoms with Crippen molar-refractivity contribution in [3.8, 4) is 0 Å². The van der Waals surface area contributed by atoms with E-state index >= 15 is 0 Å². The van der Waals surface area contributed by atoms with Crippen LogP contribution in [-0.2, 0) is 11.8 Å². The summed E-state index contributed by atoms with van der Waals surface area (Å²) in [5.74, 6) is 0.522. The van der Waals surface area contributed by atoms with Gasteiger partial charge in [0, 0.05) is 11.9 Å². The summed E-state index contributed by atoms with van der Waals surface area (Å²) in [4.78, 5) is 13.5. The summed E-state index contributed by atoms with van der Waals surface area (Å²) in [6.45, 7) is 10.1. The molecule has 2 aromatic rings. The van der Waals surface area contributed by atoms with Crippen molar-refractivity contribution in [3.63, 3.8) is 0 Å². The van der Waals surface area contributed by atoms with Crippen molar-refractivity contribution in [3.05, 3.63) is 41.2 Å². The molecule has 2 rings (SSSR count). The Morgan fingerprint density at radius 2 is 1.78 bits per heavy atom. The van der Waals surface area contributed by atoms with Crippen molar-refractivity contribution in [2.24, 2.45) is 7.05 Å². The van der Waals surface area contributed by atoms with E-state index in [2.05, 4.69) is 48.5 Å². The van der Waals surface area contributed by atoms with Gasteiger partial charge in [-0.3, -0.25) is 9.48 Å². The molecule has 1 heterocycles. The molecule has 0 spiro atoms. The molecule has 23 heavy (non-hydrogen) atoms. The topological polar surface area (TPSA) is 46.9 Å². The van der Waals surface area contributed by atoms with Gasteiger partial charge in [0.2, 0.25) is 5.91 Å². The molecule has 0 aliphatic rings. The van der Waals surface area contributed by atoms with Crippen molar-refractivity contribution < 1.29 is 4.79 Å². The number of hydrogen-bond donors (Lipinski definition) is 1. The minimum absolute atomic E-state index is 0.00198. The van der Waals surface area contributed by atoms with Gasteiger partial charge in [0.05, 0.1) is 22.3 Å².